The molecule has 0 aromatic rings. The van der Waals surface area contributed by atoms with Crippen LogP contribution >= 0.6 is 0 Å². The van der Waals surface area contributed by atoms with Gasteiger partial charge in [-0.25, -0.2) is 0 Å². The zero-order valence-electron chi connectivity index (χ0n) is 10.9. The summed E-state index contributed by atoms with van der Waals surface area (Å²) in [5, 5.41) is 8.54. The van der Waals surface area contributed by atoms with Gasteiger partial charge in [-0.1, -0.05) is 19.3 Å². The van der Waals surface area contributed by atoms with E-state index in [0.717, 1.165) is 68.9 Å². The van der Waals surface area contributed by atoms with Gasteiger partial charge in [0.15, 0.2) is 0 Å². The van der Waals surface area contributed by atoms with Crippen LogP contribution in [-0.4, -0.2) is 17.4 Å². The quantitative estimate of drug-likeness (QED) is 0.741. The van der Waals surface area contributed by atoms with E-state index >= 15 is 0 Å². The van der Waals surface area contributed by atoms with E-state index in [-0.39, 0.29) is 5.92 Å². The van der Waals surface area contributed by atoms with Crippen molar-refractivity contribution < 1.29 is 14.7 Å². The highest BCUT2D eigenvalue weighted by atomic mass is 16.4. The van der Waals surface area contributed by atoms with E-state index in [1.54, 1.807) is 0 Å². The molecule has 0 amide bonds. The van der Waals surface area contributed by atoms with Gasteiger partial charge in [-0.05, 0) is 38.5 Å². The van der Waals surface area contributed by atoms with Gasteiger partial charge in [0.2, 0.25) is 0 Å². The number of aliphatic carboxylic acids is 1. The number of carboxylic acids is 1. The van der Waals surface area contributed by atoms with Crippen molar-refractivity contribution in [3.05, 3.63) is 11.3 Å². The van der Waals surface area contributed by atoms with Gasteiger partial charge in [-0.15, -0.1) is 0 Å². The van der Waals surface area contributed by atoms with Crippen molar-refractivity contribution >= 4 is 12.3 Å². The van der Waals surface area contributed by atoms with Gasteiger partial charge < -0.3 is 10.8 Å². The summed E-state index contributed by atoms with van der Waals surface area (Å²) in [5.74, 6) is -0.631. The first-order valence-corrected chi connectivity index (χ1v) is 6.80. The van der Waals surface area contributed by atoms with Crippen LogP contribution in [0.15, 0.2) is 11.3 Å². The highest BCUT2D eigenvalue weighted by Gasteiger charge is 2.19. The van der Waals surface area contributed by atoms with E-state index in [1.807, 2.05) is 0 Å². The van der Waals surface area contributed by atoms with Crippen molar-refractivity contribution in [2.24, 2.45) is 11.7 Å². The van der Waals surface area contributed by atoms with Crippen LogP contribution in [0, 0.1) is 5.92 Å². The van der Waals surface area contributed by atoms with E-state index in [1.165, 1.54) is 6.42 Å². The highest BCUT2D eigenvalue weighted by Crippen LogP contribution is 2.23. The molecule has 0 unspecified atom stereocenters. The van der Waals surface area contributed by atoms with E-state index < -0.39 is 5.97 Å². The molecule has 102 valence electrons. The summed E-state index contributed by atoms with van der Waals surface area (Å²) in [4.78, 5) is 20.6. The molecule has 0 spiro atoms. The van der Waals surface area contributed by atoms with Crippen LogP contribution in [0.5, 0.6) is 0 Å². The number of aldehydes is 1. The summed E-state index contributed by atoms with van der Waals surface area (Å²) in [6.07, 6.45) is 10.2. The predicted octanol–water partition coefficient (Wildman–Crippen LogP) is 2.62. The van der Waals surface area contributed by atoms with Crippen molar-refractivity contribution in [2.75, 3.05) is 0 Å². The van der Waals surface area contributed by atoms with E-state index in [2.05, 4.69) is 0 Å². The van der Waals surface area contributed by atoms with Crippen LogP contribution in [0.2, 0.25) is 0 Å². The molecule has 0 bridgehead atoms. The fraction of sp³-hybridized carbons (Fsp3) is 0.714. The first kappa shape index (κ1) is 14.7. The number of rotatable bonds is 2. The summed E-state index contributed by atoms with van der Waals surface area (Å²) < 4.78 is 0. The van der Waals surface area contributed by atoms with Crippen LogP contribution in [0.25, 0.3) is 0 Å². The van der Waals surface area contributed by atoms with Crippen molar-refractivity contribution in [1.82, 2.24) is 0 Å². The summed E-state index contributed by atoms with van der Waals surface area (Å²) in [5.41, 5.74) is 7.16. The van der Waals surface area contributed by atoms with Crippen molar-refractivity contribution in [3.63, 3.8) is 0 Å². The van der Waals surface area contributed by atoms with E-state index in [0.29, 0.717) is 0 Å². The minimum atomic E-state index is -0.602. The van der Waals surface area contributed by atoms with E-state index in [9.17, 15) is 9.59 Å². The topological polar surface area (TPSA) is 80.4 Å². The first-order chi connectivity index (χ1) is 8.65. The van der Waals surface area contributed by atoms with Crippen LogP contribution < -0.4 is 5.73 Å². The zero-order chi connectivity index (χ0) is 13.4. The molecule has 2 aliphatic rings. The molecular weight excluding hydrogens is 230 g/mol. The lowest BCUT2D eigenvalue weighted by atomic mass is 9.90. The Morgan fingerprint density at radius 3 is 2.11 bits per heavy atom. The van der Waals surface area contributed by atoms with Crippen molar-refractivity contribution in [2.45, 2.75) is 57.8 Å². The maximum Gasteiger partial charge on any atom is 0.306 e. The van der Waals surface area contributed by atoms with Gasteiger partial charge in [0.25, 0.3) is 0 Å². The van der Waals surface area contributed by atoms with Gasteiger partial charge in [0.05, 0.1) is 5.92 Å². The largest absolute Gasteiger partial charge is 0.481 e. The van der Waals surface area contributed by atoms with Crippen molar-refractivity contribution in [3.8, 4) is 0 Å². The summed E-state index contributed by atoms with van der Waals surface area (Å²) in [6.45, 7) is 0. The molecule has 4 heteroatoms. The Labute approximate surface area is 108 Å². The Morgan fingerprint density at radius 2 is 1.72 bits per heavy atom. The molecule has 18 heavy (non-hydrogen) atoms. The molecule has 3 N–H and O–H groups in total. The maximum absolute atomic E-state index is 10.4. The predicted molar refractivity (Wildman–Crippen MR) is 70.0 cm³/mol. The fourth-order valence-corrected chi connectivity index (χ4v) is 2.44. The molecule has 0 saturated heterocycles. The molecule has 0 aliphatic heterocycles. The summed E-state index contributed by atoms with van der Waals surface area (Å²) >= 11 is 0. The number of nitrogens with two attached hydrogens (primary N) is 1. The van der Waals surface area contributed by atoms with Gasteiger partial charge in [-0.3, -0.25) is 9.59 Å². The standard InChI is InChI=1S/C7H11NO.C7H12O2/c8-7-4-2-1-3-6(7)5-9;8-7(9)6-4-2-1-3-5-6/h5H,1-4,8H2;6H,1-5H2,(H,8,9). The minimum absolute atomic E-state index is 0.0289. The molecule has 2 aliphatic carbocycles. The average molecular weight is 253 g/mol. The second-order valence-electron chi connectivity index (χ2n) is 5.05. The third kappa shape index (κ3) is 4.90. The molecule has 1 fully saturated rings. The molecule has 2 rings (SSSR count). The lowest BCUT2D eigenvalue weighted by Gasteiger charge is -2.16. The van der Waals surface area contributed by atoms with E-state index in [4.69, 9.17) is 10.8 Å². The molecule has 4 nitrogen and oxygen atoms in total. The molecule has 0 heterocycles. The Balaban J connectivity index is 0.000000180. The molecule has 0 aromatic carbocycles. The minimum Gasteiger partial charge on any atom is -0.481 e. The number of carbonyl (C=O) groups excluding carboxylic acids is 1. The summed E-state index contributed by atoms with van der Waals surface area (Å²) in [6, 6.07) is 0. The summed E-state index contributed by atoms with van der Waals surface area (Å²) in [7, 11) is 0. The third-order valence-corrected chi connectivity index (χ3v) is 3.65. The second-order valence-corrected chi connectivity index (χ2v) is 5.05. The molecular formula is C14H23NO3. The average Bonchev–Trinajstić information content (AvgIpc) is 2.41. The Hall–Kier alpha value is -1.32. The number of carboxylic acid groups (broad SMARTS) is 1. The van der Waals surface area contributed by atoms with Gasteiger partial charge >= 0.3 is 5.97 Å². The zero-order valence-corrected chi connectivity index (χ0v) is 10.9. The highest BCUT2D eigenvalue weighted by molar-refractivity contribution is 5.74. The fourth-order valence-electron chi connectivity index (χ4n) is 2.44. The van der Waals surface area contributed by atoms with Crippen LogP contribution in [0.3, 0.4) is 0 Å². The Bertz CT molecular complexity index is 317. The van der Waals surface area contributed by atoms with Gasteiger partial charge in [0, 0.05) is 11.3 Å². The normalized spacial score (nSPS) is 20.9. The molecule has 0 atom stereocenters. The first-order valence-electron chi connectivity index (χ1n) is 6.80. The molecule has 1 saturated carbocycles. The lowest BCUT2D eigenvalue weighted by Crippen LogP contribution is -2.16. The third-order valence-electron chi connectivity index (χ3n) is 3.65. The van der Waals surface area contributed by atoms with Crippen molar-refractivity contribution in [1.29, 1.82) is 0 Å². The molecule has 0 aromatic heterocycles. The SMILES string of the molecule is NC1=C(C=O)CCCC1.O=C(O)C1CCCCC1. The van der Waals surface area contributed by atoms with Gasteiger partial charge in [0.1, 0.15) is 6.29 Å². The number of carbonyl (C=O) groups is 2. The Kier molecular flexibility index (Phi) is 6.47. The molecule has 0 radical (unpaired) electrons. The second kappa shape index (κ2) is 7.90. The van der Waals surface area contributed by atoms with Crippen LogP contribution in [0.1, 0.15) is 57.8 Å². The van der Waals surface area contributed by atoms with Gasteiger partial charge in [-0.2, -0.15) is 0 Å². The lowest BCUT2D eigenvalue weighted by molar-refractivity contribution is -0.142. The number of hydrogen-bond donors (Lipinski definition) is 2. The number of allylic oxidation sites excluding steroid dienone is 2. The maximum atomic E-state index is 10.4. The van der Waals surface area contributed by atoms with Crippen LogP contribution in [0.4, 0.5) is 0 Å². The monoisotopic (exact) mass is 253 g/mol. The Morgan fingerprint density at radius 1 is 1.11 bits per heavy atom. The number of hydrogen-bond acceptors (Lipinski definition) is 3. The smallest absolute Gasteiger partial charge is 0.306 e. The van der Waals surface area contributed by atoms with Crippen LogP contribution in [-0.2, 0) is 9.59 Å².